The van der Waals surface area contributed by atoms with E-state index in [0.29, 0.717) is 18.1 Å². The summed E-state index contributed by atoms with van der Waals surface area (Å²) in [6.07, 6.45) is 1.45. The van der Waals surface area contributed by atoms with Gasteiger partial charge in [0, 0.05) is 24.1 Å². The summed E-state index contributed by atoms with van der Waals surface area (Å²) in [5, 5.41) is 0.604. The third-order valence-electron chi connectivity index (χ3n) is 4.52. The molecule has 2 rings (SSSR count). The third kappa shape index (κ3) is 4.35. The smallest absolute Gasteiger partial charge is 0.226 e. The number of amides is 1. The van der Waals surface area contributed by atoms with E-state index in [-0.39, 0.29) is 5.91 Å². The molecule has 0 saturated heterocycles. The Labute approximate surface area is 155 Å². The molecule has 1 amide bonds. The molecule has 0 spiro atoms. The molecule has 0 N–H and O–H groups in total. The number of hydrogen-bond acceptors (Lipinski definition) is 2. The van der Waals surface area contributed by atoms with E-state index in [1.54, 1.807) is 11.9 Å². The van der Waals surface area contributed by atoms with E-state index in [9.17, 15) is 4.79 Å². The molecule has 0 aromatic heterocycles. The first-order valence-corrected chi connectivity index (χ1v) is 9.03. The van der Waals surface area contributed by atoms with Gasteiger partial charge in [-0.05, 0) is 55.2 Å². The Kier molecular flexibility index (Phi) is 6.49. The molecule has 0 unspecified atom stereocenters. The molecule has 0 heterocycles. The second kappa shape index (κ2) is 8.39. The Morgan fingerprint density at radius 1 is 1.16 bits per heavy atom. The number of rotatable bonds is 6. The van der Waals surface area contributed by atoms with Crippen LogP contribution in [0.5, 0.6) is 5.75 Å². The minimum atomic E-state index is 0.0443. The molecule has 25 heavy (non-hydrogen) atoms. The van der Waals surface area contributed by atoms with Crippen molar-refractivity contribution < 1.29 is 9.53 Å². The molecule has 0 aliphatic rings. The summed E-state index contributed by atoms with van der Waals surface area (Å²) in [5.41, 5.74) is 5.27. The van der Waals surface area contributed by atoms with Crippen LogP contribution in [0, 0.1) is 13.8 Å². The van der Waals surface area contributed by atoms with Crippen LogP contribution < -0.4 is 9.64 Å². The Bertz CT molecular complexity index is 771. The van der Waals surface area contributed by atoms with Gasteiger partial charge < -0.3 is 9.64 Å². The average Bonchev–Trinajstić information content (AvgIpc) is 2.61. The highest BCUT2D eigenvalue weighted by atomic mass is 35.5. The lowest BCUT2D eigenvalue weighted by molar-refractivity contribution is -0.118. The van der Waals surface area contributed by atoms with E-state index < -0.39 is 0 Å². The standard InChI is InChI=1S/C21H26ClNO2/c1-6-16-11-15(4)20(12-14(16)3)25-13-17-18(22)9-8-10-19(17)23(5)21(24)7-2/h8-12H,6-7,13H2,1-5H3. The van der Waals surface area contributed by atoms with Gasteiger partial charge in [0.15, 0.2) is 0 Å². The lowest BCUT2D eigenvalue weighted by Gasteiger charge is -2.22. The highest BCUT2D eigenvalue weighted by Gasteiger charge is 2.16. The van der Waals surface area contributed by atoms with Crippen molar-refractivity contribution in [2.45, 2.75) is 47.1 Å². The summed E-state index contributed by atoms with van der Waals surface area (Å²) < 4.78 is 6.07. The summed E-state index contributed by atoms with van der Waals surface area (Å²) in [7, 11) is 1.77. The Hall–Kier alpha value is -2.00. The quantitative estimate of drug-likeness (QED) is 0.684. The normalized spacial score (nSPS) is 10.6. The van der Waals surface area contributed by atoms with E-state index in [0.717, 1.165) is 29.0 Å². The van der Waals surface area contributed by atoms with E-state index in [4.69, 9.17) is 16.3 Å². The Morgan fingerprint density at radius 3 is 2.52 bits per heavy atom. The maximum Gasteiger partial charge on any atom is 0.226 e. The zero-order valence-electron chi connectivity index (χ0n) is 15.6. The summed E-state index contributed by atoms with van der Waals surface area (Å²) in [4.78, 5) is 13.7. The van der Waals surface area contributed by atoms with Crippen LogP contribution in [-0.2, 0) is 17.8 Å². The topological polar surface area (TPSA) is 29.5 Å². The summed E-state index contributed by atoms with van der Waals surface area (Å²) >= 11 is 6.39. The number of benzene rings is 2. The monoisotopic (exact) mass is 359 g/mol. The van der Waals surface area contributed by atoms with Gasteiger partial charge >= 0.3 is 0 Å². The predicted molar refractivity (Wildman–Crippen MR) is 105 cm³/mol. The van der Waals surface area contributed by atoms with Gasteiger partial charge in [-0.2, -0.15) is 0 Å². The van der Waals surface area contributed by atoms with Gasteiger partial charge in [-0.15, -0.1) is 0 Å². The first-order valence-electron chi connectivity index (χ1n) is 8.65. The molecule has 0 aliphatic carbocycles. The van der Waals surface area contributed by atoms with Crippen LogP contribution in [0.1, 0.15) is 42.5 Å². The summed E-state index contributed by atoms with van der Waals surface area (Å²) in [6.45, 7) is 8.47. The molecule has 2 aromatic rings. The third-order valence-corrected chi connectivity index (χ3v) is 4.87. The SMILES string of the molecule is CCC(=O)N(C)c1cccc(Cl)c1COc1cc(C)c(CC)cc1C. The first-order chi connectivity index (χ1) is 11.9. The Balaban J connectivity index is 2.30. The molecule has 0 saturated carbocycles. The van der Waals surface area contributed by atoms with Crippen LogP contribution in [0.15, 0.2) is 30.3 Å². The zero-order valence-corrected chi connectivity index (χ0v) is 16.4. The number of hydrogen-bond donors (Lipinski definition) is 0. The number of anilines is 1. The van der Waals surface area contributed by atoms with Gasteiger partial charge in [0.25, 0.3) is 0 Å². The second-order valence-electron chi connectivity index (χ2n) is 6.23. The van der Waals surface area contributed by atoms with Gasteiger partial charge in [0.05, 0.1) is 5.69 Å². The lowest BCUT2D eigenvalue weighted by atomic mass is 10.0. The van der Waals surface area contributed by atoms with Crippen LogP contribution in [0.3, 0.4) is 0 Å². The largest absolute Gasteiger partial charge is 0.488 e. The van der Waals surface area contributed by atoms with Crippen molar-refractivity contribution in [3.63, 3.8) is 0 Å². The summed E-state index contributed by atoms with van der Waals surface area (Å²) in [6, 6.07) is 9.82. The molecular formula is C21H26ClNO2. The second-order valence-corrected chi connectivity index (χ2v) is 6.64. The van der Waals surface area contributed by atoms with Crippen LogP contribution in [0.2, 0.25) is 5.02 Å². The van der Waals surface area contributed by atoms with Crippen molar-refractivity contribution >= 4 is 23.2 Å². The number of carbonyl (C=O) groups is 1. The van der Waals surface area contributed by atoms with Gasteiger partial charge in [0.1, 0.15) is 12.4 Å². The molecule has 0 aliphatic heterocycles. The number of aryl methyl sites for hydroxylation is 3. The van der Waals surface area contributed by atoms with Crippen molar-refractivity contribution in [2.75, 3.05) is 11.9 Å². The lowest BCUT2D eigenvalue weighted by Crippen LogP contribution is -2.26. The fourth-order valence-electron chi connectivity index (χ4n) is 2.91. The number of nitrogens with zero attached hydrogens (tertiary/aromatic N) is 1. The number of carbonyl (C=O) groups excluding carboxylic acids is 1. The van der Waals surface area contributed by atoms with Crippen LogP contribution in [-0.4, -0.2) is 13.0 Å². The molecule has 4 heteroatoms. The van der Waals surface area contributed by atoms with Crippen LogP contribution >= 0.6 is 11.6 Å². The Morgan fingerprint density at radius 2 is 1.88 bits per heavy atom. The minimum absolute atomic E-state index is 0.0443. The molecule has 0 atom stereocenters. The fourth-order valence-corrected chi connectivity index (χ4v) is 3.14. The molecule has 0 fully saturated rings. The molecule has 134 valence electrons. The highest BCUT2D eigenvalue weighted by Crippen LogP contribution is 2.30. The molecular weight excluding hydrogens is 334 g/mol. The van der Waals surface area contributed by atoms with Crippen molar-refractivity contribution in [2.24, 2.45) is 0 Å². The van der Waals surface area contributed by atoms with E-state index in [1.807, 2.05) is 32.0 Å². The summed E-state index contributed by atoms with van der Waals surface area (Å²) in [5.74, 6) is 0.896. The van der Waals surface area contributed by atoms with Gasteiger partial charge in [-0.3, -0.25) is 4.79 Å². The van der Waals surface area contributed by atoms with Gasteiger partial charge in [-0.1, -0.05) is 37.6 Å². The van der Waals surface area contributed by atoms with Gasteiger partial charge in [0.2, 0.25) is 5.91 Å². The minimum Gasteiger partial charge on any atom is -0.488 e. The van der Waals surface area contributed by atoms with Gasteiger partial charge in [-0.25, -0.2) is 0 Å². The zero-order chi connectivity index (χ0) is 18.6. The molecule has 2 aromatic carbocycles. The molecule has 3 nitrogen and oxygen atoms in total. The van der Waals surface area contributed by atoms with Crippen molar-refractivity contribution in [3.05, 3.63) is 57.6 Å². The number of ether oxygens (including phenoxy) is 1. The maximum absolute atomic E-state index is 12.1. The highest BCUT2D eigenvalue weighted by molar-refractivity contribution is 6.31. The fraction of sp³-hybridized carbons (Fsp3) is 0.381. The van der Waals surface area contributed by atoms with Crippen molar-refractivity contribution in [1.29, 1.82) is 0 Å². The average molecular weight is 360 g/mol. The van der Waals surface area contributed by atoms with Crippen molar-refractivity contribution in [3.8, 4) is 5.75 Å². The van der Waals surface area contributed by atoms with E-state index in [1.165, 1.54) is 11.1 Å². The van der Waals surface area contributed by atoms with Crippen LogP contribution in [0.25, 0.3) is 0 Å². The molecule has 0 bridgehead atoms. The van der Waals surface area contributed by atoms with Crippen LogP contribution in [0.4, 0.5) is 5.69 Å². The maximum atomic E-state index is 12.1. The van der Waals surface area contributed by atoms with E-state index in [2.05, 4.69) is 26.0 Å². The molecule has 0 radical (unpaired) electrons. The number of halogens is 1. The first kappa shape index (κ1) is 19.3. The van der Waals surface area contributed by atoms with E-state index >= 15 is 0 Å². The predicted octanol–water partition coefficient (Wildman–Crippen LogP) is 5.47. The van der Waals surface area contributed by atoms with Crippen molar-refractivity contribution in [1.82, 2.24) is 0 Å².